The number of nitrogens with zero attached hydrogens (tertiary/aromatic N) is 3. The van der Waals surface area contributed by atoms with Crippen LogP contribution >= 0.6 is 0 Å². The maximum atomic E-state index is 14.0. The Labute approximate surface area is 164 Å². The SMILES string of the molecule is O=NCCCCCN1CC[C@@H]2[C@@H](C1)c1cc(F)ccc1N2c1ccc(F)cc1. The summed E-state index contributed by atoms with van der Waals surface area (Å²) < 4.78 is 27.4. The van der Waals surface area contributed by atoms with Gasteiger partial charge in [0.1, 0.15) is 11.6 Å². The molecule has 1 saturated heterocycles. The molecule has 2 aliphatic rings. The smallest absolute Gasteiger partial charge is 0.123 e. The molecule has 6 heteroatoms. The molecule has 0 aromatic heterocycles. The molecule has 0 spiro atoms. The van der Waals surface area contributed by atoms with E-state index in [1.54, 1.807) is 18.2 Å². The standard InChI is InChI=1S/C22H25F2N3O/c23-16-4-7-18(8-5-16)27-21-9-6-17(24)14-19(21)20-15-26(13-10-22(20)27)12-3-1-2-11-25-28/h4-9,14,20,22H,1-3,10-13,15H2/t20-,22+/m0/s1. The number of benzene rings is 2. The molecular formula is C22H25F2N3O. The van der Waals surface area contributed by atoms with Crippen LogP contribution in [0.15, 0.2) is 47.6 Å². The third-order valence-electron chi connectivity index (χ3n) is 5.97. The van der Waals surface area contributed by atoms with E-state index in [1.165, 1.54) is 18.2 Å². The molecule has 0 radical (unpaired) electrons. The summed E-state index contributed by atoms with van der Waals surface area (Å²) in [6.45, 7) is 3.26. The largest absolute Gasteiger partial charge is 0.337 e. The van der Waals surface area contributed by atoms with Crippen molar-refractivity contribution in [3.05, 3.63) is 64.6 Å². The van der Waals surface area contributed by atoms with Crippen molar-refractivity contribution in [2.45, 2.75) is 37.6 Å². The highest BCUT2D eigenvalue weighted by atomic mass is 19.1. The highest BCUT2D eigenvalue weighted by Crippen LogP contribution is 2.48. The number of unbranched alkanes of at least 4 members (excludes halogenated alkanes) is 2. The molecule has 0 unspecified atom stereocenters. The molecule has 0 saturated carbocycles. The Balaban J connectivity index is 1.53. The van der Waals surface area contributed by atoms with Crippen molar-refractivity contribution in [2.24, 2.45) is 5.18 Å². The zero-order valence-corrected chi connectivity index (χ0v) is 15.9. The maximum Gasteiger partial charge on any atom is 0.123 e. The third-order valence-corrected chi connectivity index (χ3v) is 5.97. The lowest BCUT2D eigenvalue weighted by molar-refractivity contribution is 0.193. The fourth-order valence-corrected chi connectivity index (χ4v) is 4.67. The summed E-state index contributed by atoms with van der Waals surface area (Å²) in [4.78, 5) is 14.9. The lowest BCUT2D eigenvalue weighted by Gasteiger charge is -2.39. The molecule has 0 N–H and O–H groups in total. The van der Waals surface area contributed by atoms with Gasteiger partial charge >= 0.3 is 0 Å². The van der Waals surface area contributed by atoms with Gasteiger partial charge in [0.2, 0.25) is 0 Å². The Morgan fingerprint density at radius 3 is 2.57 bits per heavy atom. The second kappa shape index (κ2) is 8.35. The molecule has 1 fully saturated rings. The van der Waals surface area contributed by atoms with Crippen LogP contribution in [0, 0.1) is 16.5 Å². The summed E-state index contributed by atoms with van der Waals surface area (Å²) in [5.41, 5.74) is 3.03. The Morgan fingerprint density at radius 2 is 1.79 bits per heavy atom. The predicted octanol–water partition coefficient (Wildman–Crippen LogP) is 5.21. The van der Waals surface area contributed by atoms with Crippen LogP contribution in [-0.4, -0.2) is 37.1 Å². The van der Waals surface area contributed by atoms with Crippen molar-refractivity contribution in [1.82, 2.24) is 4.90 Å². The predicted molar refractivity (Wildman–Crippen MR) is 107 cm³/mol. The zero-order chi connectivity index (χ0) is 19.5. The third kappa shape index (κ3) is 3.78. The summed E-state index contributed by atoms with van der Waals surface area (Å²) in [7, 11) is 0. The van der Waals surface area contributed by atoms with Gasteiger partial charge in [0.25, 0.3) is 0 Å². The molecule has 2 heterocycles. The van der Waals surface area contributed by atoms with Crippen LogP contribution < -0.4 is 4.90 Å². The topological polar surface area (TPSA) is 35.9 Å². The van der Waals surface area contributed by atoms with Gasteiger partial charge in [0, 0.05) is 36.4 Å². The molecule has 0 aliphatic carbocycles. The van der Waals surface area contributed by atoms with Crippen LogP contribution in [-0.2, 0) is 0 Å². The second-order valence-electron chi connectivity index (χ2n) is 7.73. The summed E-state index contributed by atoms with van der Waals surface area (Å²) in [6, 6.07) is 11.9. The summed E-state index contributed by atoms with van der Waals surface area (Å²) >= 11 is 0. The number of fused-ring (bicyclic) bond motifs is 3. The van der Waals surface area contributed by atoms with Gasteiger partial charge in [-0.3, -0.25) is 0 Å². The van der Waals surface area contributed by atoms with E-state index in [0.717, 1.165) is 62.3 Å². The van der Waals surface area contributed by atoms with Crippen molar-refractivity contribution in [1.29, 1.82) is 0 Å². The number of piperidine rings is 1. The minimum Gasteiger partial charge on any atom is -0.337 e. The number of likely N-dealkylation sites (tertiary alicyclic amines) is 1. The lowest BCUT2D eigenvalue weighted by Crippen LogP contribution is -2.45. The lowest BCUT2D eigenvalue weighted by atomic mass is 9.89. The highest BCUT2D eigenvalue weighted by molar-refractivity contribution is 5.73. The fourth-order valence-electron chi connectivity index (χ4n) is 4.67. The van der Waals surface area contributed by atoms with Gasteiger partial charge in [0.15, 0.2) is 0 Å². The molecule has 4 nitrogen and oxygen atoms in total. The Morgan fingerprint density at radius 1 is 1.00 bits per heavy atom. The van der Waals surface area contributed by atoms with Crippen LogP contribution in [0.25, 0.3) is 0 Å². The van der Waals surface area contributed by atoms with Crippen molar-refractivity contribution < 1.29 is 8.78 Å². The molecular weight excluding hydrogens is 360 g/mol. The Kier molecular flexibility index (Phi) is 5.67. The maximum absolute atomic E-state index is 14.0. The van der Waals surface area contributed by atoms with Crippen LogP contribution in [0.2, 0.25) is 0 Å². The quantitative estimate of drug-likeness (QED) is 0.485. The van der Waals surface area contributed by atoms with E-state index < -0.39 is 0 Å². The van der Waals surface area contributed by atoms with E-state index >= 15 is 0 Å². The van der Waals surface area contributed by atoms with Gasteiger partial charge in [-0.25, -0.2) is 8.78 Å². The van der Waals surface area contributed by atoms with E-state index in [9.17, 15) is 13.7 Å². The average molecular weight is 385 g/mol. The van der Waals surface area contributed by atoms with Crippen molar-refractivity contribution >= 4 is 11.4 Å². The second-order valence-corrected chi connectivity index (χ2v) is 7.73. The van der Waals surface area contributed by atoms with E-state index in [0.29, 0.717) is 6.54 Å². The number of hydrogen-bond acceptors (Lipinski definition) is 4. The first kappa shape index (κ1) is 19.0. The van der Waals surface area contributed by atoms with Crippen molar-refractivity contribution in [3.63, 3.8) is 0 Å². The fraction of sp³-hybridized carbons (Fsp3) is 0.455. The number of rotatable bonds is 7. The monoisotopic (exact) mass is 385 g/mol. The first-order valence-corrected chi connectivity index (χ1v) is 10.0. The Bertz CT molecular complexity index is 827. The molecule has 2 aromatic rings. The van der Waals surface area contributed by atoms with Gasteiger partial charge in [-0.2, -0.15) is 4.91 Å². The molecule has 0 amide bonds. The molecule has 2 atom stereocenters. The summed E-state index contributed by atoms with van der Waals surface area (Å²) in [5.74, 6) is -0.225. The molecule has 148 valence electrons. The van der Waals surface area contributed by atoms with E-state index in [4.69, 9.17) is 0 Å². The molecule has 2 aliphatic heterocycles. The van der Waals surface area contributed by atoms with Crippen LogP contribution in [0.5, 0.6) is 0 Å². The van der Waals surface area contributed by atoms with Gasteiger partial charge in [-0.1, -0.05) is 11.6 Å². The number of nitroso groups, excluding NO2 is 1. The van der Waals surface area contributed by atoms with Gasteiger partial charge in [-0.15, -0.1) is 0 Å². The summed E-state index contributed by atoms with van der Waals surface area (Å²) in [5, 5.41) is 2.91. The van der Waals surface area contributed by atoms with Crippen LogP contribution in [0.4, 0.5) is 20.2 Å². The van der Waals surface area contributed by atoms with E-state index in [1.807, 2.05) is 6.07 Å². The first-order valence-electron chi connectivity index (χ1n) is 10.0. The van der Waals surface area contributed by atoms with Gasteiger partial charge < -0.3 is 9.80 Å². The average Bonchev–Trinajstić information content (AvgIpc) is 3.01. The number of hydrogen-bond donors (Lipinski definition) is 0. The van der Waals surface area contributed by atoms with Crippen molar-refractivity contribution in [2.75, 3.05) is 31.1 Å². The van der Waals surface area contributed by atoms with E-state index in [2.05, 4.69) is 15.0 Å². The molecule has 2 aromatic carbocycles. The van der Waals surface area contributed by atoms with Crippen molar-refractivity contribution in [3.8, 4) is 0 Å². The van der Waals surface area contributed by atoms with Gasteiger partial charge in [-0.05, 0) is 73.8 Å². The summed E-state index contributed by atoms with van der Waals surface area (Å²) in [6.07, 6.45) is 3.87. The van der Waals surface area contributed by atoms with Crippen LogP contribution in [0.3, 0.4) is 0 Å². The number of halogens is 2. The van der Waals surface area contributed by atoms with E-state index in [-0.39, 0.29) is 23.6 Å². The van der Waals surface area contributed by atoms with Gasteiger partial charge in [0.05, 0.1) is 6.54 Å². The Hall–Kier alpha value is -2.34. The molecule has 28 heavy (non-hydrogen) atoms. The first-order chi connectivity index (χ1) is 13.7. The molecule has 4 rings (SSSR count). The minimum absolute atomic E-state index is 0.211. The molecule has 0 bridgehead atoms. The zero-order valence-electron chi connectivity index (χ0n) is 15.9. The normalized spacial score (nSPS) is 21.4. The minimum atomic E-state index is -0.251. The van der Waals surface area contributed by atoms with Crippen LogP contribution in [0.1, 0.15) is 37.2 Å². The highest BCUT2D eigenvalue weighted by Gasteiger charge is 2.42. The number of anilines is 2.